The molecular weight excluding hydrogens is 320 g/mol. The normalized spacial score (nSPS) is 18.1. The van der Waals surface area contributed by atoms with Crippen LogP contribution in [0.25, 0.3) is 22.2 Å². The molecule has 1 aliphatic heterocycles. The lowest BCUT2D eigenvalue weighted by molar-refractivity contribution is 0.311. The SMILES string of the molecule is Cc1ccc2c(c1)c1c(n2C2=C(c3ccnn3C)CCC2)CCN(C)C1. The molecular formula is C22H26N4. The number of aryl methyl sites for hydroxylation is 2. The van der Waals surface area contributed by atoms with E-state index in [9.17, 15) is 0 Å². The minimum Gasteiger partial charge on any atom is -0.317 e. The summed E-state index contributed by atoms with van der Waals surface area (Å²) in [7, 11) is 4.29. The number of fused-ring (bicyclic) bond motifs is 3. The molecule has 4 heteroatoms. The molecule has 0 N–H and O–H groups in total. The van der Waals surface area contributed by atoms with Crippen molar-refractivity contribution < 1.29 is 0 Å². The zero-order chi connectivity index (χ0) is 17.8. The monoisotopic (exact) mass is 346 g/mol. The van der Waals surface area contributed by atoms with E-state index in [1.54, 1.807) is 0 Å². The van der Waals surface area contributed by atoms with E-state index in [1.807, 2.05) is 10.9 Å². The highest BCUT2D eigenvalue weighted by Gasteiger charge is 2.27. The summed E-state index contributed by atoms with van der Waals surface area (Å²) in [5, 5.41) is 5.85. The Balaban J connectivity index is 1.81. The van der Waals surface area contributed by atoms with Gasteiger partial charge in [0.1, 0.15) is 0 Å². The maximum atomic E-state index is 4.41. The van der Waals surface area contributed by atoms with Crippen LogP contribution in [-0.4, -0.2) is 32.8 Å². The molecule has 26 heavy (non-hydrogen) atoms. The standard InChI is InChI=1S/C22H26N4/c1-15-7-8-21-17(13-15)18-14-24(2)12-10-22(18)26(21)20-6-4-5-16(20)19-9-11-23-25(19)3/h7-9,11,13H,4-6,10,12,14H2,1-3H3. The van der Waals surface area contributed by atoms with Crippen molar-refractivity contribution in [1.82, 2.24) is 19.2 Å². The van der Waals surface area contributed by atoms with Crippen LogP contribution >= 0.6 is 0 Å². The predicted octanol–water partition coefficient (Wildman–Crippen LogP) is 4.22. The highest BCUT2D eigenvalue weighted by Crippen LogP contribution is 2.42. The van der Waals surface area contributed by atoms with Crippen LogP contribution < -0.4 is 0 Å². The van der Waals surface area contributed by atoms with E-state index in [2.05, 4.69) is 59.9 Å². The average molecular weight is 346 g/mol. The summed E-state index contributed by atoms with van der Waals surface area (Å²) < 4.78 is 4.63. The molecule has 0 bridgehead atoms. The molecule has 0 radical (unpaired) electrons. The van der Waals surface area contributed by atoms with Crippen molar-refractivity contribution in [3.63, 3.8) is 0 Å². The summed E-state index contributed by atoms with van der Waals surface area (Å²) in [4.78, 5) is 2.44. The van der Waals surface area contributed by atoms with Crippen molar-refractivity contribution >= 4 is 22.2 Å². The van der Waals surface area contributed by atoms with E-state index in [4.69, 9.17) is 0 Å². The summed E-state index contributed by atoms with van der Waals surface area (Å²) >= 11 is 0. The fourth-order valence-electron chi connectivity index (χ4n) is 4.84. The quantitative estimate of drug-likeness (QED) is 0.694. The largest absolute Gasteiger partial charge is 0.317 e. The second-order valence-corrected chi connectivity index (χ2v) is 7.89. The van der Waals surface area contributed by atoms with Crippen molar-refractivity contribution in [2.24, 2.45) is 7.05 Å². The van der Waals surface area contributed by atoms with Crippen LogP contribution in [0.5, 0.6) is 0 Å². The van der Waals surface area contributed by atoms with Crippen LogP contribution in [-0.2, 0) is 20.0 Å². The summed E-state index contributed by atoms with van der Waals surface area (Å²) in [6.45, 7) is 4.39. The molecule has 0 saturated heterocycles. The minimum atomic E-state index is 1.05. The van der Waals surface area contributed by atoms with Crippen LogP contribution in [0.15, 0.2) is 30.5 Å². The maximum absolute atomic E-state index is 4.41. The number of aromatic nitrogens is 3. The Labute approximate surface area is 154 Å². The van der Waals surface area contributed by atoms with E-state index < -0.39 is 0 Å². The third kappa shape index (κ3) is 2.28. The molecule has 5 rings (SSSR count). The highest BCUT2D eigenvalue weighted by atomic mass is 15.3. The Morgan fingerprint density at radius 3 is 2.73 bits per heavy atom. The number of benzene rings is 1. The van der Waals surface area contributed by atoms with Gasteiger partial charge in [0.2, 0.25) is 0 Å². The maximum Gasteiger partial charge on any atom is 0.0656 e. The first-order valence-corrected chi connectivity index (χ1v) is 9.65. The van der Waals surface area contributed by atoms with Crippen molar-refractivity contribution in [3.05, 3.63) is 53.0 Å². The first-order chi connectivity index (χ1) is 12.6. The smallest absolute Gasteiger partial charge is 0.0656 e. The Morgan fingerprint density at radius 1 is 1.04 bits per heavy atom. The van der Waals surface area contributed by atoms with Gasteiger partial charge in [0.15, 0.2) is 0 Å². The summed E-state index contributed by atoms with van der Waals surface area (Å²) in [5.41, 5.74) is 10.0. The summed E-state index contributed by atoms with van der Waals surface area (Å²) in [6, 6.07) is 9.13. The van der Waals surface area contributed by atoms with E-state index in [0.29, 0.717) is 0 Å². The van der Waals surface area contributed by atoms with E-state index in [-0.39, 0.29) is 0 Å². The molecule has 1 aromatic carbocycles. The van der Waals surface area contributed by atoms with Gasteiger partial charge in [0.25, 0.3) is 0 Å². The molecule has 0 fully saturated rings. The molecule has 0 atom stereocenters. The van der Waals surface area contributed by atoms with Crippen molar-refractivity contribution in [1.29, 1.82) is 0 Å². The summed E-state index contributed by atoms with van der Waals surface area (Å²) in [6.07, 6.45) is 6.58. The molecule has 4 nitrogen and oxygen atoms in total. The van der Waals surface area contributed by atoms with Gasteiger partial charge in [-0.25, -0.2) is 0 Å². The second-order valence-electron chi connectivity index (χ2n) is 7.89. The molecule has 2 aliphatic rings. The van der Waals surface area contributed by atoms with E-state index in [0.717, 1.165) is 32.4 Å². The lowest BCUT2D eigenvalue weighted by Crippen LogP contribution is -2.27. The third-order valence-electron chi connectivity index (χ3n) is 6.08. The zero-order valence-corrected chi connectivity index (χ0v) is 15.9. The first kappa shape index (κ1) is 15.9. The lowest BCUT2D eigenvalue weighted by Gasteiger charge is -2.25. The molecule has 1 aliphatic carbocycles. The van der Waals surface area contributed by atoms with E-state index in [1.165, 1.54) is 51.1 Å². The summed E-state index contributed by atoms with van der Waals surface area (Å²) in [5.74, 6) is 0. The fraction of sp³-hybridized carbons (Fsp3) is 0.409. The van der Waals surface area contributed by atoms with Crippen molar-refractivity contribution in [3.8, 4) is 0 Å². The molecule has 0 spiro atoms. The number of hydrogen-bond acceptors (Lipinski definition) is 2. The fourth-order valence-corrected chi connectivity index (χ4v) is 4.84. The van der Waals surface area contributed by atoms with Gasteiger partial charge in [-0.3, -0.25) is 4.68 Å². The molecule has 0 amide bonds. The minimum absolute atomic E-state index is 1.05. The molecule has 134 valence electrons. The van der Waals surface area contributed by atoms with Gasteiger partial charge in [0.05, 0.1) is 11.2 Å². The van der Waals surface area contributed by atoms with Crippen LogP contribution in [0, 0.1) is 6.92 Å². The number of hydrogen-bond donors (Lipinski definition) is 0. The van der Waals surface area contributed by atoms with Gasteiger partial charge in [-0.15, -0.1) is 0 Å². The topological polar surface area (TPSA) is 26.0 Å². The lowest BCUT2D eigenvalue weighted by atomic mass is 10.0. The molecule has 3 aromatic rings. The third-order valence-corrected chi connectivity index (χ3v) is 6.08. The number of allylic oxidation sites excluding steroid dienone is 2. The van der Waals surface area contributed by atoms with Gasteiger partial charge >= 0.3 is 0 Å². The zero-order valence-electron chi connectivity index (χ0n) is 15.9. The molecule has 3 heterocycles. The van der Waals surface area contributed by atoms with Gasteiger partial charge in [-0.05, 0) is 62.6 Å². The molecule has 0 saturated carbocycles. The average Bonchev–Trinajstić information content (AvgIpc) is 3.31. The van der Waals surface area contributed by atoms with Gasteiger partial charge in [-0.2, -0.15) is 5.10 Å². The first-order valence-electron chi connectivity index (χ1n) is 9.65. The van der Waals surface area contributed by atoms with Crippen LogP contribution in [0.3, 0.4) is 0 Å². The van der Waals surface area contributed by atoms with Gasteiger partial charge < -0.3 is 9.47 Å². The second kappa shape index (κ2) is 5.85. The number of nitrogens with zero attached hydrogens (tertiary/aromatic N) is 4. The van der Waals surface area contributed by atoms with Crippen molar-refractivity contribution in [2.45, 2.75) is 39.2 Å². The highest BCUT2D eigenvalue weighted by molar-refractivity contribution is 5.94. The number of rotatable bonds is 2. The van der Waals surface area contributed by atoms with Crippen LogP contribution in [0.4, 0.5) is 0 Å². The number of likely N-dealkylation sites (N-methyl/N-ethyl adjacent to an activating group) is 1. The van der Waals surface area contributed by atoms with E-state index >= 15 is 0 Å². The van der Waals surface area contributed by atoms with Crippen LogP contribution in [0.2, 0.25) is 0 Å². The molecule has 2 aromatic heterocycles. The Kier molecular flexibility index (Phi) is 3.57. The Morgan fingerprint density at radius 2 is 1.92 bits per heavy atom. The predicted molar refractivity (Wildman–Crippen MR) is 107 cm³/mol. The Bertz CT molecular complexity index is 1030. The van der Waals surface area contributed by atoms with Gasteiger partial charge in [-0.1, -0.05) is 11.6 Å². The molecule has 0 unspecified atom stereocenters. The van der Waals surface area contributed by atoms with Crippen LogP contribution in [0.1, 0.15) is 41.8 Å². The Hall–Kier alpha value is -2.33. The van der Waals surface area contributed by atoms with Crippen molar-refractivity contribution in [2.75, 3.05) is 13.6 Å². The van der Waals surface area contributed by atoms with Gasteiger partial charge in [0, 0.05) is 49.5 Å².